The Bertz CT molecular complexity index is 1110. The molecule has 0 spiro atoms. The summed E-state index contributed by atoms with van der Waals surface area (Å²) >= 11 is -0.935. The van der Waals surface area contributed by atoms with Gasteiger partial charge in [0.1, 0.15) is 0 Å². The molecule has 10 heteroatoms. The Hall–Kier alpha value is -2.12. The van der Waals surface area contributed by atoms with Crippen LogP contribution in [0.5, 0.6) is 0 Å². The van der Waals surface area contributed by atoms with Crippen LogP contribution in [0, 0.1) is 6.92 Å². The third-order valence-electron chi connectivity index (χ3n) is 5.51. The number of hydrogen-bond acceptors (Lipinski definition) is 7. The van der Waals surface area contributed by atoms with E-state index in [0.717, 1.165) is 12.8 Å². The third kappa shape index (κ3) is 6.93. The number of nitrogens with zero attached hydrogens (tertiary/aromatic N) is 1. The molecule has 1 fully saturated rings. The van der Waals surface area contributed by atoms with E-state index in [-0.39, 0.29) is 26.7 Å². The van der Waals surface area contributed by atoms with E-state index in [2.05, 4.69) is 4.98 Å². The number of carboxylic acid groups (broad SMARTS) is 1. The van der Waals surface area contributed by atoms with Crippen LogP contribution in [-0.4, -0.2) is 55.8 Å². The monoisotopic (exact) mass is 539 g/mol. The zero-order chi connectivity index (χ0) is 24.4. The number of carboxylic acids is 1. The summed E-state index contributed by atoms with van der Waals surface area (Å²) in [6.07, 6.45) is 2.53. The molecule has 0 radical (unpaired) electrons. The summed E-state index contributed by atoms with van der Waals surface area (Å²) in [7, 11) is -3.43. The number of aromatic nitrogens is 1. The zero-order valence-electron chi connectivity index (χ0n) is 19.3. The van der Waals surface area contributed by atoms with Gasteiger partial charge in [0, 0.05) is 0 Å². The van der Waals surface area contributed by atoms with Gasteiger partial charge in [0.2, 0.25) is 0 Å². The predicted octanol–water partition coefficient (Wildman–Crippen LogP) is 4.37. The number of oxazole rings is 1. The van der Waals surface area contributed by atoms with Crippen LogP contribution < -0.4 is 0 Å². The summed E-state index contributed by atoms with van der Waals surface area (Å²) in [6.45, 7) is 7.23. The van der Waals surface area contributed by atoms with Crippen molar-refractivity contribution in [3.8, 4) is 11.5 Å². The van der Waals surface area contributed by atoms with Crippen LogP contribution in [0.1, 0.15) is 68.3 Å². The van der Waals surface area contributed by atoms with Crippen molar-refractivity contribution in [3.05, 3.63) is 41.3 Å². The molecule has 2 aromatic rings. The maximum atomic E-state index is 13.1. The van der Waals surface area contributed by atoms with Gasteiger partial charge in [-0.3, -0.25) is 0 Å². The molecule has 1 aromatic heterocycles. The average Bonchev–Trinajstić information content (AvgIpc) is 3.06. The van der Waals surface area contributed by atoms with Crippen molar-refractivity contribution in [1.29, 1.82) is 0 Å². The molecular formula is C23H30AsNO7S. The van der Waals surface area contributed by atoms with Crippen LogP contribution in [0.2, 0.25) is 4.71 Å². The molecule has 1 atom stereocenters. The van der Waals surface area contributed by atoms with Crippen molar-refractivity contribution in [1.82, 2.24) is 4.98 Å². The van der Waals surface area contributed by atoms with Crippen LogP contribution in [0.25, 0.3) is 11.5 Å². The molecule has 1 aliphatic rings. The van der Waals surface area contributed by atoms with Gasteiger partial charge in [-0.25, -0.2) is 4.79 Å². The number of carbonyl (C=O) groups excluding carboxylic acids is 1. The van der Waals surface area contributed by atoms with E-state index in [1.54, 1.807) is 19.1 Å². The van der Waals surface area contributed by atoms with E-state index in [4.69, 9.17) is 14.3 Å². The summed E-state index contributed by atoms with van der Waals surface area (Å²) < 4.78 is 37.4. The van der Waals surface area contributed by atoms with Gasteiger partial charge in [-0.05, 0) is 0 Å². The second-order valence-corrected chi connectivity index (χ2v) is 14.8. The molecule has 8 nitrogen and oxygen atoms in total. The van der Waals surface area contributed by atoms with Crippen LogP contribution >= 0.6 is 0 Å². The zero-order valence-corrected chi connectivity index (χ0v) is 22.2. The summed E-state index contributed by atoms with van der Waals surface area (Å²) in [6, 6.07) is 6.07. The number of hydrogen-bond donors (Lipinski definition) is 1. The van der Waals surface area contributed by atoms with Crippen LogP contribution in [0.15, 0.2) is 28.7 Å². The number of sulfone groups is 1. The van der Waals surface area contributed by atoms with Gasteiger partial charge in [-0.15, -0.1) is 0 Å². The van der Waals surface area contributed by atoms with Crippen LogP contribution in [-0.2, 0) is 20.3 Å². The van der Waals surface area contributed by atoms with Crippen molar-refractivity contribution in [2.45, 2.75) is 74.7 Å². The van der Waals surface area contributed by atoms with Crippen molar-refractivity contribution >= 4 is 36.3 Å². The molecule has 0 aliphatic heterocycles. The van der Waals surface area contributed by atoms with Gasteiger partial charge in [0.25, 0.3) is 0 Å². The molecule has 0 saturated heterocycles. The first-order valence-electron chi connectivity index (χ1n) is 10.8. The molecule has 180 valence electrons. The molecule has 33 heavy (non-hydrogen) atoms. The Kier molecular flexibility index (Phi) is 7.74. The Morgan fingerprint density at radius 2 is 1.76 bits per heavy atom. The Morgan fingerprint density at radius 1 is 1.15 bits per heavy atom. The fourth-order valence-corrected chi connectivity index (χ4v) is 8.44. The molecule has 0 bridgehead atoms. The Labute approximate surface area is 200 Å². The fourth-order valence-electron chi connectivity index (χ4n) is 3.79. The normalized spacial score (nSPS) is 19.6. The molecule has 1 N–H and O–H groups in total. The molecule has 1 unspecified atom stereocenters. The van der Waals surface area contributed by atoms with E-state index in [1.807, 2.05) is 20.8 Å². The summed E-state index contributed by atoms with van der Waals surface area (Å²) in [5.74, 6) is -0.532. The second-order valence-electron chi connectivity index (χ2n) is 9.33. The molecule has 0 amide bonds. The van der Waals surface area contributed by atoms with Gasteiger partial charge in [0.05, 0.1) is 5.56 Å². The first kappa shape index (κ1) is 25.5. The van der Waals surface area contributed by atoms with Gasteiger partial charge >= 0.3 is 186 Å². The second kappa shape index (κ2) is 10.0. The van der Waals surface area contributed by atoms with Gasteiger partial charge in [-0.1, -0.05) is 0 Å². The maximum absolute atomic E-state index is 13.1. The van der Waals surface area contributed by atoms with Crippen LogP contribution in [0.3, 0.4) is 0 Å². The number of ether oxygens (including phenoxy) is 1. The Morgan fingerprint density at radius 3 is 2.30 bits per heavy atom. The SMILES string of the molecule is Cc1oc(-c2ccc(C(=O)O)cc2)nc1CS(=O)(=O)C1CCC([AsH]C(=O)OC(C)(C)C)CC1. The molecule has 1 heterocycles. The van der Waals surface area contributed by atoms with Crippen LogP contribution in [0.4, 0.5) is 4.79 Å². The van der Waals surface area contributed by atoms with Crippen molar-refractivity contribution < 1.29 is 32.3 Å². The third-order valence-corrected chi connectivity index (χ3v) is 10.5. The predicted molar refractivity (Wildman–Crippen MR) is 126 cm³/mol. The average molecular weight is 539 g/mol. The molecule has 3 rings (SSSR count). The minimum atomic E-state index is -3.43. The number of aromatic carboxylic acids is 1. The molecule has 1 aromatic carbocycles. The standard InChI is InChI=1S/C23H30AsNO7S/c1-14-19(25-20(31-14)15-5-7-16(8-6-15)21(26)27)13-33(29,30)18-11-9-17(10-12-18)24-22(28)32-23(2,3)4/h5-8,17-18,24H,9-13H2,1-4H3,(H,26,27). The van der Waals surface area contributed by atoms with E-state index in [9.17, 15) is 18.0 Å². The number of rotatable bonds is 7. The minimum absolute atomic E-state index is 0.115. The first-order chi connectivity index (χ1) is 15.3. The Balaban J connectivity index is 1.61. The summed E-state index contributed by atoms with van der Waals surface area (Å²) in [5.41, 5.74) is 0.610. The van der Waals surface area contributed by atoms with E-state index in [0.29, 0.717) is 29.9 Å². The number of carbonyl (C=O) groups is 2. The molecule has 1 aliphatic carbocycles. The van der Waals surface area contributed by atoms with Gasteiger partial charge < -0.3 is 5.11 Å². The first-order valence-corrected chi connectivity index (χ1v) is 14.8. The topological polar surface area (TPSA) is 124 Å². The number of benzene rings is 1. The fraction of sp³-hybridized carbons (Fsp3) is 0.522. The summed E-state index contributed by atoms with van der Waals surface area (Å²) in [5, 5.41) is 8.57. The van der Waals surface area contributed by atoms with Crippen molar-refractivity contribution in [3.63, 3.8) is 0 Å². The quantitative estimate of drug-likeness (QED) is 0.515. The molecular weight excluding hydrogens is 509 g/mol. The van der Waals surface area contributed by atoms with Gasteiger partial charge in [0.15, 0.2) is 0 Å². The number of aryl methyl sites for hydroxylation is 1. The van der Waals surface area contributed by atoms with Crippen molar-refractivity contribution in [2.75, 3.05) is 0 Å². The van der Waals surface area contributed by atoms with Gasteiger partial charge in [-0.2, -0.15) is 0 Å². The van der Waals surface area contributed by atoms with E-state index in [1.165, 1.54) is 12.1 Å². The van der Waals surface area contributed by atoms with E-state index >= 15 is 0 Å². The summed E-state index contributed by atoms with van der Waals surface area (Å²) in [4.78, 5) is 27.5. The molecule has 1 saturated carbocycles. The van der Waals surface area contributed by atoms with Crippen molar-refractivity contribution in [2.24, 2.45) is 0 Å². The van der Waals surface area contributed by atoms with E-state index < -0.39 is 42.4 Å².